The van der Waals surface area contributed by atoms with E-state index in [1.807, 2.05) is 30.5 Å². The van der Waals surface area contributed by atoms with Crippen LogP contribution in [0.2, 0.25) is 0 Å². The maximum absolute atomic E-state index is 12.1. The summed E-state index contributed by atoms with van der Waals surface area (Å²) >= 11 is 0. The van der Waals surface area contributed by atoms with E-state index in [9.17, 15) is 8.42 Å². The molecule has 1 aliphatic rings. The molecule has 0 aliphatic carbocycles. The van der Waals surface area contributed by atoms with E-state index in [0.29, 0.717) is 13.0 Å². The van der Waals surface area contributed by atoms with E-state index in [4.69, 9.17) is 0 Å². The van der Waals surface area contributed by atoms with Gasteiger partial charge in [-0.3, -0.25) is 14.3 Å². The fourth-order valence-electron chi connectivity index (χ4n) is 3.61. The first-order valence-electron chi connectivity index (χ1n) is 9.17. The lowest BCUT2D eigenvalue weighted by molar-refractivity contribution is 0.253. The molecule has 2 aromatic carbocycles. The fraction of sp³-hybridized carbons (Fsp3) is 0.350. The highest BCUT2D eigenvalue weighted by Gasteiger charge is 2.28. The van der Waals surface area contributed by atoms with Gasteiger partial charge in [0.1, 0.15) is 0 Å². The standard InChI is InChI=1S/C20H24N4O2S/c1-15(23(2)14-16-4-5-18-13-21-22-20(18)12-16)17-6-8-19(9-7-17)24-10-3-11-27(24,25)26/h4-9,12-13,15H,3,10-11,14H2,1-2H3,(H,21,22). The summed E-state index contributed by atoms with van der Waals surface area (Å²) in [6, 6.07) is 14.4. The summed E-state index contributed by atoms with van der Waals surface area (Å²) < 4.78 is 25.7. The molecule has 6 nitrogen and oxygen atoms in total. The zero-order valence-corrected chi connectivity index (χ0v) is 16.4. The van der Waals surface area contributed by atoms with Crippen LogP contribution in [-0.4, -0.2) is 42.9 Å². The van der Waals surface area contributed by atoms with Gasteiger partial charge >= 0.3 is 0 Å². The number of rotatable bonds is 5. The number of H-pyrrole nitrogens is 1. The summed E-state index contributed by atoms with van der Waals surface area (Å²) in [4.78, 5) is 2.28. The third-order valence-electron chi connectivity index (χ3n) is 5.36. The van der Waals surface area contributed by atoms with Crippen molar-refractivity contribution in [3.63, 3.8) is 0 Å². The maximum atomic E-state index is 12.1. The number of hydrogen-bond donors (Lipinski definition) is 1. The molecule has 7 heteroatoms. The Bertz CT molecular complexity index is 1040. The summed E-state index contributed by atoms with van der Waals surface area (Å²) in [5.74, 6) is 0.245. The van der Waals surface area contributed by atoms with Gasteiger partial charge in [-0.25, -0.2) is 8.42 Å². The molecule has 1 N–H and O–H groups in total. The molecule has 0 amide bonds. The Hall–Kier alpha value is -2.38. The van der Waals surface area contributed by atoms with Gasteiger partial charge in [-0.2, -0.15) is 5.10 Å². The van der Waals surface area contributed by atoms with Crippen molar-refractivity contribution in [2.45, 2.75) is 25.9 Å². The first-order valence-corrected chi connectivity index (χ1v) is 10.8. The van der Waals surface area contributed by atoms with Crippen LogP contribution in [0.15, 0.2) is 48.7 Å². The van der Waals surface area contributed by atoms with E-state index in [2.05, 4.69) is 47.3 Å². The molecule has 142 valence electrons. The summed E-state index contributed by atoms with van der Waals surface area (Å²) in [5, 5.41) is 8.19. The second kappa shape index (κ2) is 6.98. The van der Waals surface area contributed by atoms with Gasteiger partial charge in [0.05, 0.1) is 23.2 Å². The molecule has 0 radical (unpaired) electrons. The molecule has 1 aliphatic heterocycles. The lowest BCUT2D eigenvalue weighted by Gasteiger charge is -2.26. The molecule has 1 saturated heterocycles. The van der Waals surface area contributed by atoms with Crippen molar-refractivity contribution in [3.05, 3.63) is 59.8 Å². The van der Waals surface area contributed by atoms with Crippen LogP contribution >= 0.6 is 0 Å². The quantitative estimate of drug-likeness (QED) is 0.733. The molecule has 1 fully saturated rings. The van der Waals surface area contributed by atoms with Gasteiger partial charge in [-0.05, 0) is 49.7 Å². The second-order valence-electron chi connectivity index (χ2n) is 7.22. The predicted molar refractivity (Wildman–Crippen MR) is 108 cm³/mol. The van der Waals surface area contributed by atoms with Crippen molar-refractivity contribution in [1.82, 2.24) is 15.1 Å². The highest BCUT2D eigenvalue weighted by atomic mass is 32.2. The topological polar surface area (TPSA) is 69.3 Å². The largest absolute Gasteiger partial charge is 0.295 e. The van der Waals surface area contributed by atoms with Gasteiger partial charge in [-0.15, -0.1) is 0 Å². The number of anilines is 1. The predicted octanol–water partition coefficient (Wildman–Crippen LogP) is 3.30. The van der Waals surface area contributed by atoms with Crippen molar-refractivity contribution < 1.29 is 8.42 Å². The van der Waals surface area contributed by atoms with E-state index in [0.717, 1.165) is 23.1 Å². The van der Waals surface area contributed by atoms with Crippen LogP contribution in [0.3, 0.4) is 0 Å². The van der Waals surface area contributed by atoms with Crippen molar-refractivity contribution in [3.8, 4) is 0 Å². The van der Waals surface area contributed by atoms with E-state index in [1.54, 1.807) is 0 Å². The highest BCUT2D eigenvalue weighted by Crippen LogP contribution is 2.27. The Kier molecular flexibility index (Phi) is 4.65. The molecule has 3 aromatic rings. The molecule has 0 bridgehead atoms. The van der Waals surface area contributed by atoms with E-state index in [1.165, 1.54) is 15.4 Å². The van der Waals surface area contributed by atoms with Gasteiger partial charge in [-0.1, -0.05) is 24.3 Å². The van der Waals surface area contributed by atoms with Gasteiger partial charge in [0.25, 0.3) is 0 Å². The lowest BCUT2D eigenvalue weighted by atomic mass is 10.1. The smallest absolute Gasteiger partial charge is 0.235 e. The number of hydrogen-bond acceptors (Lipinski definition) is 4. The molecule has 2 heterocycles. The minimum absolute atomic E-state index is 0.215. The van der Waals surface area contributed by atoms with Crippen LogP contribution in [0, 0.1) is 0 Å². The highest BCUT2D eigenvalue weighted by molar-refractivity contribution is 7.93. The van der Waals surface area contributed by atoms with Gasteiger partial charge in [0.2, 0.25) is 10.0 Å². The van der Waals surface area contributed by atoms with E-state index < -0.39 is 10.0 Å². The van der Waals surface area contributed by atoms with Crippen molar-refractivity contribution in [2.24, 2.45) is 0 Å². The molecule has 1 atom stereocenters. The van der Waals surface area contributed by atoms with E-state index in [-0.39, 0.29) is 11.8 Å². The van der Waals surface area contributed by atoms with Crippen molar-refractivity contribution in [1.29, 1.82) is 0 Å². The Balaban J connectivity index is 1.47. The Morgan fingerprint density at radius 3 is 2.70 bits per heavy atom. The number of aromatic nitrogens is 2. The zero-order chi connectivity index (χ0) is 19.0. The van der Waals surface area contributed by atoms with Crippen LogP contribution in [0.1, 0.15) is 30.5 Å². The molecular formula is C20H24N4O2S. The number of sulfonamides is 1. The monoisotopic (exact) mass is 384 g/mol. The van der Waals surface area contributed by atoms with Gasteiger partial charge in [0.15, 0.2) is 0 Å². The van der Waals surface area contributed by atoms with Crippen molar-refractivity contribution >= 4 is 26.6 Å². The molecule has 1 unspecified atom stereocenters. The summed E-state index contributed by atoms with van der Waals surface area (Å²) in [5.41, 5.74) is 4.20. The first-order chi connectivity index (χ1) is 12.9. The maximum Gasteiger partial charge on any atom is 0.235 e. The fourth-order valence-corrected chi connectivity index (χ4v) is 5.18. The third kappa shape index (κ3) is 3.57. The van der Waals surface area contributed by atoms with Gasteiger partial charge < -0.3 is 0 Å². The van der Waals surface area contributed by atoms with Crippen LogP contribution in [0.4, 0.5) is 5.69 Å². The number of benzene rings is 2. The minimum atomic E-state index is -3.13. The molecule has 4 rings (SSSR count). The number of aromatic amines is 1. The first kappa shape index (κ1) is 18.0. The zero-order valence-electron chi connectivity index (χ0n) is 15.6. The van der Waals surface area contributed by atoms with Crippen LogP contribution in [0.25, 0.3) is 10.9 Å². The summed E-state index contributed by atoms with van der Waals surface area (Å²) in [6.45, 7) is 3.56. The molecule has 27 heavy (non-hydrogen) atoms. The summed E-state index contributed by atoms with van der Waals surface area (Å²) in [6.07, 6.45) is 2.53. The number of fused-ring (bicyclic) bond motifs is 1. The Morgan fingerprint density at radius 1 is 1.22 bits per heavy atom. The average Bonchev–Trinajstić information content (AvgIpc) is 3.26. The Labute approximate surface area is 159 Å². The molecule has 0 spiro atoms. The van der Waals surface area contributed by atoms with Crippen LogP contribution in [-0.2, 0) is 16.6 Å². The normalized spacial score (nSPS) is 17.7. The molecular weight excluding hydrogens is 360 g/mol. The third-order valence-corrected chi connectivity index (χ3v) is 7.23. The molecule has 0 saturated carbocycles. The van der Waals surface area contributed by atoms with Crippen LogP contribution in [0.5, 0.6) is 0 Å². The van der Waals surface area contributed by atoms with Gasteiger partial charge in [0, 0.05) is 24.5 Å². The Morgan fingerprint density at radius 2 is 2.00 bits per heavy atom. The number of nitrogens with one attached hydrogen (secondary N) is 1. The SMILES string of the molecule is CC(c1ccc(N2CCCS2(=O)=O)cc1)N(C)Cc1ccc2cn[nH]c2c1. The lowest BCUT2D eigenvalue weighted by Crippen LogP contribution is -2.25. The minimum Gasteiger partial charge on any atom is -0.295 e. The van der Waals surface area contributed by atoms with E-state index >= 15 is 0 Å². The summed E-state index contributed by atoms with van der Waals surface area (Å²) in [7, 11) is -1.03. The average molecular weight is 385 g/mol. The van der Waals surface area contributed by atoms with Crippen molar-refractivity contribution in [2.75, 3.05) is 23.7 Å². The molecule has 1 aromatic heterocycles. The second-order valence-corrected chi connectivity index (χ2v) is 9.23. The van der Waals surface area contributed by atoms with Crippen LogP contribution < -0.4 is 4.31 Å². The number of nitrogens with zero attached hydrogens (tertiary/aromatic N) is 3.